The molecule has 1 heterocycles. The number of aliphatic hydroxyl groups is 3. The molecule has 0 aromatic carbocycles. The molecule has 84 valence electrons. The van der Waals surface area contributed by atoms with Crippen LogP contribution in [0.5, 0.6) is 0 Å². The molecule has 1 aromatic heterocycles. The van der Waals surface area contributed by atoms with Crippen molar-refractivity contribution in [2.24, 2.45) is 0 Å². The summed E-state index contributed by atoms with van der Waals surface area (Å²) in [6, 6.07) is 3.36. The van der Waals surface area contributed by atoms with Crippen molar-refractivity contribution >= 4 is 13.3 Å². The molecule has 0 saturated heterocycles. The molecule has 0 unspecified atom stereocenters. The summed E-state index contributed by atoms with van der Waals surface area (Å²) in [6.45, 7) is 0. The highest BCUT2D eigenvalue weighted by Crippen LogP contribution is 2.39. The van der Waals surface area contributed by atoms with E-state index in [1.165, 1.54) is 6.20 Å². The molecule has 0 bridgehead atoms. The maximum Gasteiger partial charge on any atom is 0.162 e. The van der Waals surface area contributed by atoms with Gasteiger partial charge in [-0.25, -0.2) is 0 Å². The summed E-state index contributed by atoms with van der Waals surface area (Å²) in [5, 5.41) is 29.1. The highest BCUT2D eigenvalue weighted by Gasteiger charge is 2.41. The first-order valence-electron chi connectivity index (χ1n) is 5.30. The number of pyridine rings is 1. The fraction of sp³-hybridized carbons (Fsp3) is 0.545. The highest BCUT2D eigenvalue weighted by molar-refractivity contribution is 6.32. The van der Waals surface area contributed by atoms with Crippen LogP contribution in [0.1, 0.15) is 31.4 Å². The third-order valence-corrected chi connectivity index (χ3v) is 3.14. The van der Waals surface area contributed by atoms with Crippen molar-refractivity contribution < 1.29 is 15.3 Å². The van der Waals surface area contributed by atoms with Crippen LogP contribution < -0.4 is 5.46 Å². The second-order valence-electron chi connectivity index (χ2n) is 4.49. The van der Waals surface area contributed by atoms with Crippen LogP contribution in [0, 0.1) is 0 Å². The average Bonchev–Trinajstić information content (AvgIpc) is 2.24. The third-order valence-electron chi connectivity index (χ3n) is 3.14. The Bertz CT molecular complexity index is 367. The first-order chi connectivity index (χ1) is 7.41. The van der Waals surface area contributed by atoms with Crippen molar-refractivity contribution in [3.05, 3.63) is 24.0 Å². The molecule has 1 aromatic rings. The molecule has 2 radical (unpaired) electrons. The maximum absolute atomic E-state index is 10.3. The van der Waals surface area contributed by atoms with Crippen LogP contribution in [0.25, 0.3) is 0 Å². The number of hydrogen-bond acceptors (Lipinski definition) is 4. The van der Waals surface area contributed by atoms with Crippen LogP contribution in [0.2, 0.25) is 0 Å². The summed E-state index contributed by atoms with van der Waals surface area (Å²) < 4.78 is 0. The predicted octanol–water partition coefficient (Wildman–Crippen LogP) is -0.682. The summed E-state index contributed by atoms with van der Waals surface area (Å²) in [4.78, 5) is 4.08. The molecule has 4 nitrogen and oxygen atoms in total. The summed E-state index contributed by atoms with van der Waals surface area (Å²) in [5.41, 5.74) is 0.0156. The van der Waals surface area contributed by atoms with Crippen LogP contribution in [-0.4, -0.2) is 33.9 Å². The van der Waals surface area contributed by atoms with E-state index in [9.17, 15) is 15.3 Å². The van der Waals surface area contributed by atoms with Gasteiger partial charge in [0.05, 0.1) is 5.69 Å². The molecular weight excluding hydrogens is 205 g/mol. The summed E-state index contributed by atoms with van der Waals surface area (Å²) >= 11 is 0. The van der Waals surface area contributed by atoms with Gasteiger partial charge in [0.25, 0.3) is 0 Å². The van der Waals surface area contributed by atoms with Crippen molar-refractivity contribution in [3.8, 4) is 0 Å². The van der Waals surface area contributed by atoms with E-state index in [0.717, 1.165) is 0 Å². The van der Waals surface area contributed by atoms with Crippen LogP contribution >= 0.6 is 0 Å². The smallest absolute Gasteiger partial charge is 0.162 e. The minimum Gasteiger partial charge on any atom is -0.384 e. The standard InChI is InChI=1S/C11H14BNO3/c12-8-1-2-9(13-7-8)10(14)3-5-11(15,16)6-4-10/h1-2,7,14-16H,3-6H2. The molecule has 2 rings (SSSR count). The van der Waals surface area contributed by atoms with Crippen molar-refractivity contribution in [2.45, 2.75) is 37.1 Å². The Balaban J connectivity index is 2.18. The van der Waals surface area contributed by atoms with Gasteiger partial charge in [0.2, 0.25) is 0 Å². The van der Waals surface area contributed by atoms with Crippen LogP contribution in [0.3, 0.4) is 0 Å². The minimum absolute atomic E-state index is 0.148. The van der Waals surface area contributed by atoms with E-state index in [1.54, 1.807) is 12.1 Å². The van der Waals surface area contributed by atoms with Gasteiger partial charge in [0.1, 0.15) is 13.4 Å². The molecule has 1 fully saturated rings. The number of aromatic nitrogens is 1. The predicted molar refractivity (Wildman–Crippen MR) is 59.2 cm³/mol. The quantitative estimate of drug-likeness (QED) is 0.432. The Morgan fingerprint density at radius 3 is 2.19 bits per heavy atom. The van der Waals surface area contributed by atoms with Gasteiger partial charge in [-0.2, -0.15) is 0 Å². The zero-order valence-corrected chi connectivity index (χ0v) is 8.93. The van der Waals surface area contributed by atoms with E-state index >= 15 is 0 Å². The Morgan fingerprint density at radius 2 is 1.69 bits per heavy atom. The van der Waals surface area contributed by atoms with E-state index in [-0.39, 0.29) is 25.7 Å². The normalized spacial score (nSPS) is 22.9. The zero-order chi connectivity index (χ0) is 11.8. The molecule has 1 aliphatic rings. The van der Waals surface area contributed by atoms with Crippen molar-refractivity contribution in [1.29, 1.82) is 0 Å². The summed E-state index contributed by atoms with van der Waals surface area (Å²) in [7, 11) is 5.52. The number of rotatable bonds is 1. The van der Waals surface area contributed by atoms with Crippen LogP contribution in [0.15, 0.2) is 18.3 Å². The van der Waals surface area contributed by atoms with Gasteiger partial charge in [-0.3, -0.25) is 4.98 Å². The molecule has 5 heteroatoms. The first kappa shape index (κ1) is 11.6. The lowest BCUT2D eigenvalue weighted by Crippen LogP contribution is -2.41. The van der Waals surface area contributed by atoms with Crippen molar-refractivity contribution in [2.75, 3.05) is 0 Å². The lowest BCUT2D eigenvalue weighted by molar-refractivity contribution is -0.208. The molecule has 0 spiro atoms. The van der Waals surface area contributed by atoms with Crippen LogP contribution in [-0.2, 0) is 5.60 Å². The lowest BCUT2D eigenvalue weighted by atomic mass is 9.79. The van der Waals surface area contributed by atoms with Gasteiger partial charge in [0.15, 0.2) is 5.79 Å². The number of hydrogen-bond donors (Lipinski definition) is 3. The molecule has 0 amide bonds. The van der Waals surface area contributed by atoms with Gasteiger partial charge < -0.3 is 15.3 Å². The molecule has 0 atom stereocenters. The molecule has 1 aliphatic carbocycles. The van der Waals surface area contributed by atoms with E-state index in [0.29, 0.717) is 11.2 Å². The monoisotopic (exact) mass is 219 g/mol. The molecule has 1 saturated carbocycles. The Labute approximate surface area is 95.4 Å². The topological polar surface area (TPSA) is 73.6 Å². The first-order valence-corrected chi connectivity index (χ1v) is 5.30. The van der Waals surface area contributed by atoms with E-state index in [1.807, 2.05) is 0 Å². The van der Waals surface area contributed by atoms with E-state index in [4.69, 9.17) is 7.85 Å². The third kappa shape index (κ3) is 2.26. The second-order valence-corrected chi connectivity index (χ2v) is 4.49. The minimum atomic E-state index is -1.65. The zero-order valence-electron chi connectivity index (χ0n) is 8.93. The largest absolute Gasteiger partial charge is 0.384 e. The second kappa shape index (κ2) is 3.84. The highest BCUT2D eigenvalue weighted by atomic mass is 16.5. The van der Waals surface area contributed by atoms with E-state index < -0.39 is 11.4 Å². The fourth-order valence-corrected chi connectivity index (χ4v) is 2.00. The summed E-state index contributed by atoms with van der Waals surface area (Å²) in [6.07, 6.45) is 2.37. The maximum atomic E-state index is 10.3. The van der Waals surface area contributed by atoms with E-state index in [2.05, 4.69) is 4.98 Å². The Kier molecular flexibility index (Phi) is 2.78. The average molecular weight is 219 g/mol. The fourth-order valence-electron chi connectivity index (χ4n) is 2.00. The number of nitrogens with zero attached hydrogens (tertiary/aromatic N) is 1. The van der Waals surface area contributed by atoms with Crippen molar-refractivity contribution in [1.82, 2.24) is 4.98 Å². The Hall–Kier alpha value is -0.905. The van der Waals surface area contributed by atoms with Gasteiger partial charge >= 0.3 is 0 Å². The summed E-state index contributed by atoms with van der Waals surface area (Å²) in [5.74, 6) is -1.65. The van der Waals surface area contributed by atoms with Gasteiger partial charge in [-0.15, -0.1) is 0 Å². The van der Waals surface area contributed by atoms with Crippen LogP contribution in [0.4, 0.5) is 0 Å². The van der Waals surface area contributed by atoms with Gasteiger partial charge in [0, 0.05) is 19.0 Å². The molecule has 0 aliphatic heterocycles. The van der Waals surface area contributed by atoms with Crippen molar-refractivity contribution in [3.63, 3.8) is 0 Å². The Morgan fingerprint density at radius 1 is 1.06 bits per heavy atom. The SMILES string of the molecule is [B]c1ccc(C2(O)CCC(O)(O)CC2)nc1. The molecular formula is C11H14BNO3. The van der Waals surface area contributed by atoms with Gasteiger partial charge in [-0.1, -0.05) is 11.5 Å². The van der Waals surface area contributed by atoms with Gasteiger partial charge in [-0.05, 0) is 18.9 Å². The molecule has 3 N–H and O–H groups in total. The lowest BCUT2D eigenvalue weighted by Gasteiger charge is -2.37. The molecule has 16 heavy (non-hydrogen) atoms.